The van der Waals surface area contributed by atoms with Gasteiger partial charge in [0.05, 0.1) is 5.56 Å². The number of aromatic amines is 1. The summed E-state index contributed by atoms with van der Waals surface area (Å²) < 4.78 is 0. The van der Waals surface area contributed by atoms with Crippen LogP contribution in [0.15, 0.2) is 42.6 Å². The fraction of sp³-hybridized carbons (Fsp3) is 0. The van der Waals surface area contributed by atoms with Gasteiger partial charge in [-0.15, -0.1) is 0 Å². The molecule has 0 unspecified atom stereocenters. The van der Waals surface area contributed by atoms with E-state index in [-0.39, 0.29) is 5.91 Å². The quantitative estimate of drug-likeness (QED) is 0.693. The molecule has 1 aromatic heterocycles. The molecule has 1 aromatic carbocycles. The zero-order valence-corrected chi connectivity index (χ0v) is 8.03. The molecule has 0 aliphatic rings. The number of hydrogen-bond donors (Lipinski definition) is 3. The minimum atomic E-state index is -0.208. The first-order valence-corrected chi connectivity index (χ1v) is 4.56. The number of carbonyl (C=O) groups excluding carboxylic acids is 1. The highest BCUT2D eigenvalue weighted by Gasteiger charge is 2.09. The molecule has 1 heterocycles. The molecule has 2 rings (SSSR count). The lowest BCUT2D eigenvalue weighted by atomic mass is 10.2. The summed E-state index contributed by atoms with van der Waals surface area (Å²) in [5.74, 6) is 0.170. The summed E-state index contributed by atoms with van der Waals surface area (Å²) in [6.45, 7) is 0. The van der Waals surface area contributed by atoms with E-state index in [1.54, 1.807) is 12.3 Å². The lowest BCUT2D eigenvalue weighted by Gasteiger charge is -2.03. The number of hydrogen-bond acceptors (Lipinski definition) is 2. The summed E-state index contributed by atoms with van der Waals surface area (Å²) in [7, 11) is 0. The van der Waals surface area contributed by atoms with Crippen molar-refractivity contribution in [3.8, 4) is 0 Å². The first kappa shape index (κ1) is 9.33. The second kappa shape index (κ2) is 3.88. The predicted octanol–water partition coefficient (Wildman–Crippen LogP) is 1.85. The zero-order valence-electron chi connectivity index (χ0n) is 8.03. The number of H-pyrrole nitrogens is 1. The predicted molar refractivity (Wildman–Crippen MR) is 59.6 cm³/mol. The van der Waals surface area contributed by atoms with Gasteiger partial charge in [-0.1, -0.05) is 18.2 Å². The Balaban J connectivity index is 2.15. The summed E-state index contributed by atoms with van der Waals surface area (Å²) in [5.41, 5.74) is 6.79. The van der Waals surface area contributed by atoms with Gasteiger partial charge in [0.1, 0.15) is 5.82 Å². The van der Waals surface area contributed by atoms with Crippen molar-refractivity contribution in [2.45, 2.75) is 0 Å². The number of amides is 1. The Bertz CT molecular complexity index is 462. The molecule has 4 nitrogen and oxygen atoms in total. The zero-order chi connectivity index (χ0) is 10.7. The van der Waals surface area contributed by atoms with Crippen LogP contribution in [0.1, 0.15) is 10.4 Å². The van der Waals surface area contributed by atoms with Gasteiger partial charge in [0.15, 0.2) is 0 Å². The van der Waals surface area contributed by atoms with Gasteiger partial charge in [0.25, 0.3) is 5.91 Å². The van der Waals surface area contributed by atoms with E-state index in [9.17, 15) is 4.79 Å². The Labute approximate surface area is 87.1 Å². The normalized spacial score (nSPS) is 9.87. The van der Waals surface area contributed by atoms with Crippen molar-refractivity contribution in [3.05, 3.63) is 48.2 Å². The SMILES string of the molecule is Nc1[nH]ccc1C(=O)Nc1ccccc1. The Kier molecular flexibility index (Phi) is 2.41. The van der Waals surface area contributed by atoms with Crippen LogP contribution in [0, 0.1) is 0 Å². The second-order valence-corrected chi connectivity index (χ2v) is 3.13. The van der Waals surface area contributed by atoms with Crippen molar-refractivity contribution in [1.29, 1.82) is 0 Å². The monoisotopic (exact) mass is 201 g/mol. The minimum absolute atomic E-state index is 0.208. The van der Waals surface area contributed by atoms with Crippen LogP contribution < -0.4 is 11.1 Å². The van der Waals surface area contributed by atoms with E-state index in [0.29, 0.717) is 11.4 Å². The Morgan fingerprint density at radius 3 is 2.53 bits per heavy atom. The maximum atomic E-state index is 11.7. The average molecular weight is 201 g/mol. The van der Waals surface area contributed by atoms with Gasteiger partial charge in [0, 0.05) is 11.9 Å². The Morgan fingerprint density at radius 1 is 1.20 bits per heavy atom. The number of nitrogen functional groups attached to an aromatic ring is 1. The third kappa shape index (κ3) is 1.99. The van der Waals surface area contributed by atoms with Crippen LogP contribution >= 0.6 is 0 Å². The largest absolute Gasteiger partial charge is 0.385 e. The van der Waals surface area contributed by atoms with Gasteiger partial charge in [0.2, 0.25) is 0 Å². The highest BCUT2D eigenvalue weighted by Crippen LogP contribution is 2.12. The summed E-state index contributed by atoms with van der Waals surface area (Å²) in [6, 6.07) is 10.9. The van der Waals surface area contributed by atoms with Crippen LogP contribution in [0.5, 0.6) is 0 Å². The van der Waals surface area contributed by atoms with Crippen molar-refractivity contribution in [3.63, 3.8) is 0 Å². The fourth-order valence-electron chi connectivity index (χ4n) is 1.30. The molecule has 76 valence electrons. The first-order valence-electron chi connectivity index (χ1n) is 4.56. The van der Waals surface area contributed by atoms with Gasteiger partial charge >= 0.3 is 0 Å². The van der Waals surface area contributed by atoms with Crippen LogP contribution in [-0.2, 0) is 0 Å². The molecular formula is C11H11N3O. The summed E-state index contributed by atoms with van der Waals surface area (Å²) >= 11 is 0. The highest BCUT2D eigenvalue weighted by atomic mass is 16.1. The standard InChI is InChI=1S/C11H11N3O/c12-10-9(6-7-13-10)11(15)14-8-4-2-1-3-5-8/h1-7,13H,12H2,(H,14,15). The Hall–Kier alpha value is -2.23. The van der Waals surface area contributed by atoms with Gasteiger partial charge in [-0.05, 0) is 18.2 Å². The van der Waals surface area contributed by atoms with Crippen molar-refractivity contribution in [1.82, 2.24) is 4.98 Å². The third-order valence-corrected chi connectivity index (χ3v) is 2.06. The molecule has 2 aromatic rings. The summed E-state index contributed by atoms with van der Waals surface area (Å²) in [5, 5.41) is 2.75. The van der Waals surface area contributed by atoms with Crippen molar-refractivity contribution in [2.24, 2.45) is 0 Å². The number of rotatable bonds is 2. The smallest absolute Gasteiger partial charge is 0.259 e. The van der Waals surface area contributed by atoms with E-state index >= 15 is 0 Å². The van der Waals surface area contributed by atoms with Crippen molar-refractivity contribution < 1.29 is 4.79 Å². The van der Waals surface area contributed by atoms with Gasteiger partial charge in [-0.2, -0.15) is 0 Å². The molecule has 0 aliphatic carbocycles. The molecule has 15 heavy (non-hydrogen) atoms. The highest BCUT2D eigenvalue weighted by molar-refractivity contribution is 6.07. The molecule has 0 saturated heterocycles. The fourth-order valence-corrected chi connectivity index (χ4v) is 1.30. The molecule has 0 saturated carbocycles. The van der Waals surface area contributed by atoms with Crippen molar-refractivity contribution in [2.75, 3.05) is 11.1 Å². The van der Waals surface area contributed by atoms with Gasteiger partial charge in [-0.25, -0.2) is 0 Å². The van der Waals surface area contributed by atoms with Gasteiger partial charge < -0.3 is 16.0 Å². The molecule has 0 aliphatic heterocycles. The molecule has 0 fully saturated rings. The minimum Gasteiger partial charge on any atom is -0.385 e. The number of aromatic nitrogens is 1. The Morgan fingerprint density at radius 2 is 1.93 bits per heavy atom. The van der Waals surface area contributed by atoms with Crippen LogP contribution in [0.2, 0.25) is 0 Å². The van der Waals surface area contributed by atoms with E-state index in [2.05, 4.69) is 10.3 Å². The van der Waals surface area contributed by atoms with E-state index < -0.39 is 0 Å². The van der Waals surface area contributed by atoms with Crippen molar-refractivity contribution >= 4 is 17.4 Å². The maximum absolute atomic E-state index is 11.7. The van der Waals surface area contributed by atoms with E-state index in [0.717, 1.165) is 5.69 Å². The third-order valence-electron chi connectivity index (χ3n) is 2.06. The molecular weight excluding hydrogens is 190 g/mol. The number of carbonyl (C=O) groups is 1. The second-order valence-electron chi connectivity index (χ2n) is 3.13. The average Bonchev–Trinajstić information content (AvgIpc) is 2.66. The van der Waals surface area contributed by atoms with E-state index in [1.165, 1.54) is 0 Å². The summed E-state index contributed by atoms with van der Waals surface area (Å²) in [4.78, 5) is 14.4. The number of benzene rings is 1. The first-order chi connectivity index (χ1) is 7.27. The molecule has 0 bridgehead atoms. The molecule has 1 amide bonds. The topological polar surface area (TPSA) is 70.9 Å². The van der Waals surface area contributed by atoms with E-state index in [1.807, 2.05) is 30.3 Å². The maximum Gasteiger partial charge on any atom is 0.259 e. The number of nitrogens with two attached hydrogens (primary N) is 1. The van der Waals surface area contributed by atoms with Crippen LogP contribution in [-0.4, -0.2) is 10.9 Å². The molecule has 0 atom stereocenters. The van der Waals surface area contributed by atoms with E-state index in [4.69, 9.17) is 5.73 Å². The molecule has 4 heteroatoms. The molecule has 0 spiro atoms. The number of anilines is 2. The van der Waals surface area contributed by atoms with Crippen LogP contribution in [0.4, 0.5) is 11.5 Å². The lowest BCUT2D eigenvalue weighted by molar-refractivity contribution is 0.102. The van der Waals surface area contributed by atoms with Crippen LogP contribution in [0.3, 0.4) is 0 Å². The number of nitrogens with one attached hydrogen (secondary N) is 2. The number of para-hydroxylation sites is 1. The lowest BCUT2D eigenvalue weighted by Crippen LogP contribution is -2.12. The molecule has 4 N–H and O–H groups in total. The van der Waals surface area contributed by atoms with Crippen LogP contribution in [0.25, 0.3) is 0 Å². The summed E-state index contributed by atoms with van der Waals surface area (Å²) in [6.07, 6.45) is 1.63. The molecule has 0 radical (unpaired) electrons. The van der Waals surface area contributed by atoms with Gasteiger partial charge in [-0.3, -0.25) is 4.79 Å².